The number of aromatic nitrogens is 3. The van der Waals surface area contributed by atoms with Gasteiger partial charge in [0, 0.05) is 24.5 Å². The molecule has 0 fully saturated rings. The zero-order chi connectivity index (χ0) is 21.3. The molecule has 0 atom stereocenters. The maximum Gasteiger partial charge on any atom is 0.256 e. The van der Waals surface area contributed by atoms with Crippen molar-refractivity contribution in [1.29, 1.82) is 0 Å². The van der Waals surface area contributed by atoms with Gasteiger partial charge in [0.25, 0.3) is 5.91 Å². The molecule has 1 amide bonds. The molecule has 2 aromatic heterocycles. The summed E-state index contributed by atoms with van der Waals surface area (Å²) >= 11 is 0. The number of rotatable bonds is 6. The zero-order valence-corrected chi connectivity index (χ0v) is 16.9. The number of carbonyl (C=O) groups excluding carboxylic acids is 1. The van der Waals surface area contributed by atoms with Gasteiger partial charge in [-0.3, -0.25) is 9.59 Å². The van der Waals surface area contributed by atoms with Gasteiger partial charge in [-0.05, 0) is 45.6 Å². The van der Waals surface area contributed by atoms with Gasteiger partial charge in [0.2, 0.25) is 11.4 Å². The van der Waals surface area contributed by atoms with E-state index < -0.39 is 11.3 Å². The van der Waals surface area contributed by atoms with Crippen molar-refractivity contribution in [2.24, 2.45) is 5.73 Å². The summed E-state index contributed by atoms with van der Waals surface area (Å²) in [5.41, 5.74) is 13.0. The predicted molar refractivity (Wildman–Crippen MR) is 114 cm³/mol. The Balaban J connectivity index is 2.05. The number of nitrogens with two attached hydrogens (primary N) is 2. The first kappa shape index (κ1) is 20.3. The van der Waals surface area contributed by atoms with Crippen LogP contribution >= 0.6 is 0 Å². The second-order valence-corrected chi connectivity index (χ2v) is 7.41. The quantitative estimate of drug-likeness (QED) is 0.580. The monoisotopic (exact) mass is 395 g/mol. The number of nitrogens with zero attached hydrogens (tertiary/aromatic N) is 4. The number of nitrogens with one attached hydrogen (secondary N) is 1. The molecule has 0 aliphatic heterocycles. The van der Waals surface area contributed by atoms with Crippen LogP contribution < -0.4 is 22.2 Å². The van der Waals surface area contributed by atoms with Gasteiger partial charge in [0.15, 0.2) is 5.65 Å². The molecule has 0 saturated heterocycles. The molecule has 152 valence electrons. The lowest BCUT2D eigenvalue weighted by atomic mass is 10.1. The second kappa shape index (κ2) is 7.88. The Kier molecular flexibility index (Phi) is 5.51. The molecule has 2 heterocycles. The van der Waals surface area contributed by atoms with Crippen molar-refractivity contribution in [1.82, 2.24) is 19.4 Å². The van der Waals surface area contributed by atoms with Crippen LogP contribution in [0, 0.1) is 0 Å². The van der Waals surface area contributed by atoms with Crippen LogP contribution in [0.2, 0.25) is 0 Å². The number of amides is 1. The standard InChI is InChI=1S/C20H25N7O2/c1-11(2)27-17(21)15(18(22)29)16(28)14-9-23-20(25-19(14)27)24-13-7-5-12(6-8-13)10-26(3)4/h5-9,11H,10,21H2,1-4H3,(H2,22,29)(H,23,24,25). The minimum Gasteiger partial charge on any atom is -0.384 e. The molecule has 0 saturated carbocycles. The fourth-order valence-corrected chi connectivity index (χ4v) is 3.21. The van der Waals surface area contributed by atoms with Crippen LogP contribution in [0.15, 0.2) is 35.3 Å². The van der Waals surface area contributed by atoms with E-state index in [0.717, 1.165) is 12.2 Å². The normalized spacial score (nSPS) is 11.4. The van der Waals surface area contributed by atoms with E-state index in [0.29, 0.717) is 11.6 Å². The van der Waals surface area contributed by atoms with Crippen molar-refractivity contribution in [3.05, 3.63) is 51.8 Å². The Labute approximate surface area is 168 Å². The van der Waals surface area contributed by atoms with Gasteiger partial charge in [0.1, 0.15) is 11.4 Å². The number of primary amides is 1. The molecule has 3 rings (SSSR count). The van der Waals surface area contributed by atoms with Gasteiger partial charge in [0.05, 0.1) is 5.39 Å². The SMILES string of the molecule is CC(C)n1c(N)c(C(N)=O)c(=O)c2cnc(Nc3ccc(CN(C)C)cc3)nc21. The van der Waals surface area contributed by atoms with Gasteiger partial charge in [-0.15, -0.1) is 0 Å². The molecule has 0 spiro atoms. The lowest BCUT2D eigenvalue weighted by Gasteiger charge is -2.19. The second-order valence-electron chi connectivity index (χ2n) is 7.41. The average molecular weight is 395 g/mol. The van der Waals surface area contributed by atoms with Crippen LogP contribution in [-0.4, -0.2) is 39.4 Å². The number of fused-ring (bicyclic) bond motifs is 1. The summed E-state index contributed by atoms with van der Waals surface area (Å²) in [5.74, 6) is -0.551. The largest absolute Gasteiger partial charge is 0.384 e. The van der Waals surface area contributed by atoms with Gasteiger partial charge < -0.3 is 26.3 Å². The summed E-state index contributed by atoms with van der Waals surface area (Å²) in [6.07, 6.45) is 1.39. The molecule has 29 heavy (non-hydrogen) atoms. The summed E-state index contributed by atoms with van der Waals surface area (Å²) in [4.78, 5) is 35.2. The van der Waals surface area contributed by atoms with Gasteiger partial charge >= 0.3 is 0 Å². The highest BCUT2D eigenvalue weighted by Crippen LogP contribution is 2.23. The Morgan fingerprint density at radius 1 is 1.24 bits per heavy atom. The van der Waals surface area contributed by atoms with E-state index in [1.54, 1.807) is 4.57 Å². The first-order chi connectivity index (χ1) is 13.7. The minimum atomic E-state index is -0.871. The number of nitrogen functional groups attached to an aromatic ring is 1. The van der Waals surface area contributed by atoms with Crippen LogP contribution in [-0.2, 0) is 6.54 Å². The van der Waals surface area contributed by atoms with Crippen LogP contribution in [0.25, 0.3) is 11.0 Å². The average Bonchev–Trinajstić information content (AvgIpc) is 2.62. The van der Waals surface area contributed by atoms with E-state index in [9.17, 15) is 9.59 Å². The van der Waals surface area contributed by atoms with Crippen molar-refractivity contribution >= 4 is 34.4 Å². The molecule has 0 aliphatic carbocycles. The van der Waals surface area contributed by atoms with Gasteiger partial charge in [-0.2, -0.15) is 4.98 Å². The molecule has 0 bridgehead atoms. The maximum absolute atomic E-state index is 12.7. The highest BCUT2D eigenvalue weighted by Gasteiger charge is 2.21. The fraction of sp³-hybridized carbons (Fsp3) is 0.300. The van der Waals surface area contributed by atoms with Crippen molar-refractivity contribution in [2.45, 2.75) is 26.4 Å². The number of hydrogen-bond acceptors (Lipinski definition) is 7. The predicted octanol–water partition coefficient (Wildman–Crippen LogP) is 1.86. The molecule has 5 N–H and O–H groups in total. The lowest BCUT2D eigenvalue weighted by Crippen LogP contribution is -2.28. The molecule has 0 aliphatic rings. The van der Waals surface area contributed by atoms with E-state index in [1.165, 1.54) is 11.8 Å². The van der Waals surface area contributed by atoms with Gasteiger partial charge in [-0.1, -0.05) is 12.1 Å². The van der Waals surface area contributed by atoms with Crippen molar-refractivity contribution < 1.29 is 4.79 Å². The van der Waals surface area contributed by atoms with Crippen LogP contribution in [0.5, 0.6) is 0 Å². The van der Waals surface area contributed by atoms with E-state index in [-0.39, 0.29) is 22.8 Å². The molecule has 1 aromatic carbocycles. The number of anilines is 3. The number of pyridine rings is 1. The van der Waals surface area contributed by atoms with E-state index in [1.807, 2.05) is 52.2 Å². The Morgan fingerprint density at radius 3 is 2.45 bits per heavy atom. The molecule has 0 unspecified atom stereocenters. The van der Waals surface area contributed by atoms with E-state index in [4.69, 9.17) is 11.5 Å². The fourth-order valence-electron chi connectivity index (χ4n) is 3.21. The molecule has 9 heteroatoms. The smallest absolute Gasteiger partial charge is 0.256 e. The topological polar surface area (TPSA) is 132 Å². The lowest BCUT2D eigenvalue weighted by molar-refractivity contribution is 0.0999. The first-order valence-electron chi connectivity index (χ1n) is 9.20. The Bertz CT molecular complexity index is 1120. The third-order valence-corrected chi connectivity index (χ3v) is 4.46. The molecule has 9 nitrogen and oxygen atoms in total. The molecule has 3 aromatic rings. The highest BCUT2D eigenvalue weighted by atomic mass is 16.2. The zero-order valence-electron chi connectivity index (χ0n) is 16.9. The van der Waals surface area contributed by atoms with Crippen molar-refractivity contribution in [3.63, 3.8) is 0 Å². The summed E-state index contributed by atoms with van der Waals surface area (Å²) in [7, 11) is 4.03. The summed E-state index contributed by atoms with van der Waals surface area (Å²) in [6.45, 7) is 4.60. The van der Waals surface area contributed by atoms with Crippen LogP contribution in [0.1, 0.15) is 35.8 Å². The van der Waals surface area contributed by atoms with E-state index in [2.05, 4.69) is 20.2 Å². The van der Waals surface area contributed by atoms with Crippen molar-refractivity contribution in [3.8, 4) is 0 Å². The summed E-state index contributed by atoms with van der Waals surface area (Å²) < 4.78 is 1.61. The highest BCUT2D eigenvalue weighted by molar-refractivity contribution is 6.00. The number of benzene rings is 1. The third kappa shape index (κ3) is 4.04. The first-order valence-corrected chi connectivity index (χ1v) is 9.20. The third-order valence-electron chi connectivity index (χ3n) is 4.46. The Morgan fingerprint density at radius 2 is 1.90 bits per heavy atom. The molecular weight excluding hydrogens is 370 g/mol. The summed E-state index contributed by atoms with van der Waals surface area (Å²) in [6, 6.07) is 7.76. The number of hydrogen-bond donors (Lipinski definition) is 3. The Hall–Kier alpha value is -3.46. The van der Waals surface area contributed by atoms with Gasteiger partial charge in [-0.25, -0.2) is 4.98 Å². The van der Waals surface area contributed by atoms with Crippen molar-refractivity contribution in [2.75, 3.05) is 25.1 Å². The summed E-state index contributed by atoms with van der Waals surface area (Å²) in [5, 5.41) is 3.32. The van der Waals surface area contributed by atoms with Crippen LogP contribution in [0.3, 0.4) is 0 Å². The minimum absolute atomic E-state index is 0.00249. The van der Waals surface area contributed by atoms with E-state index >= 15 is 0 Å². The van der Waals surface area contributed by atoms with Crippen LogP contribution in [0.4, 0.5) is 17.5 Å². The maximum atomic E-state index is 12.7. The molecular formula is C20H25N7O2. The number of carbonyl (C=O) groups is 1. The molecule has 0 radical (unpaired) electrons.